The number of aromatic nitrogens is 1. The molecule has 22 heavy (non-hydrogen) atoms. The van der Waals surface area contributed by atoms with Gasteiger partial charge in [-0.2, -0.15) is 0 Å². The molecule has 0 saturated carbocycles. The number of anilines is 1. The van der Waals surface area contributed by atoms with Gasteiger partial charge in [0.15, 0.2) is 0 Å². The van der Waals surface area contributed by atoms with Crippen LogP contribution in [0.15, 0.2) is 54.7 Å². The lowest BCUT2D eigenvalue weighted by molar-refractivity contribution is 0.1000. The number of nitrogens with two attached hydrogens (primary N) is 1. The average Bonchev–Trinajstić information content (AvgIpc) is 2.53. The lowest BCUT2D eigenvalue weighted by atomic mass is 10.1. The van der Waals surface area contributed by atoms with Gasteiger partial charge in [0, 0.05) is 29.4 Å². The molecule has 0 spiro atoms. The van der Waals surface area contributed by atoms with Crippen molar-refractivity contribution >= 4 is 22.5 Å². The molecule has 0 unspecified atom stereocenters. The zero-order valence-corrected chi connectivity index (χ0v) is 11.7. The monoisotopic (exact) mass is 295 g/mol. The summed E-state index contributed by atoms with van der Waals surface area (Å²) in [6.45, 7) is 0.497. The number of hydrogen-bond donors (Lipinski definition) is 2. The number of primary amides is 1. The van der Waals surface area contributed by atoms with Gasteiger partial charge in [0.05, 0.1) is 0 Å². The number of carbonyl (C=O) groups is 1. The quantitative estimate of drug-likeness (QED) is 0.777. The van der Waals surface area contributed by atoms with E-state index < -0.39 is 5.91 Å². The van der Waals surface area contributed by atoms with Crippen LogP contribution in [-0.2, 0) is 6.54 Å². The molecule has 0 fully saturated rings. The summed E-state index contributed by atoms with van der Waals surface area (Å²) in [4.78, 5) is 15.2. The second-order valence-corrected chi connectivity index (χ2v) is 4.91. The summed E-state index contributed by atoms with van der Waals surface area (Å²) in [5.41, 5.74) is 7.77. The number of nitrogens with one attached hydrogen (secondary N) is 1. The summed E-state index contributed by atoms with van der Waals surface area (Å²) in [6.07, 6.45) is 1.56. The number of carbonyl (C=O) groups excluding carboxylic acids is 1. The Bertz CT molecular complexity index is 848. The molecule has 0 aliphatic rings. The number of halogens is 1. The van der Waals surface area contributed by atoms with Crippen molar-refractivity contribution in [2.75, 3.05) is 5.32 Å². The van der Waals surface area contributed by atoms with Crippen LogP contribution < -0.4 is 11.1 Å². The number of nitrogens with zero attached hydrogens (tertiary/aromatic N) is 1. The van der Waals surface area contributed by atoms with Crippen LogP contribution in [0.1, 0.15) is 15.9 Å². The van der Waals surface area contributed by atoms with Crippen molar-refractivity contribution < 1.29 is 9.18 Å². The Morgan fingerprint density at radius 3 is 2.82 bits per heavy atom. The third-order valence-electron chi connectivity index (χ3n) is 3.42. The highest BCUT2D eigenvalue weighted by atomic mass is 19.1. The summed E-state index contributed by atoms with van der Waals surface area (Å²) >= 11 is 0. The zero-order chi connectivity index (χ0) is 15.5. The highest BCUT2D eigenvalue weighted by Gasteiger charge is 2.06. The van der Waals surface area contributed by atoms with Crippen molar-refractivity contribution in [2.24, 2.45) is 5.73 Å². The van der Waals surface area contributed by atoms with E-state index in [1.54, 1.807) is 36.5 Å². The third kappa shape index (κ3) is 2.74. The first kappa shape index (κ1) is 14.0. The highest BCUT2D eigenvalue weighted by Crippen LogP contribution is 2.23. The summed E-state index contributed by atoms with van der Waals surface area (Å²) in [5, 5.41) is 3.95. The van der Waals surface area contributed by atoms with Crippen molar-refractivity contribution in [2.45, 2.75) is 6.54 Å². The fourth-order valence-corrected chi connectivity index (χ4v) is 2.33. The molecular weight excluding hydrogens is 281 g/mol. The van der Waals surface area contributed by atoms with Crippen LogP contribution in [0, 0.1) is 5.82 Å². The molecule has 4 nitrogen and oxygen atoms in total. The SMILES string of the molecule is NC(=O)c1cccc(CNc2ccnc3c(F)cccc23)c1. The summed E-state index contributed by atoms with van der Waals surface area (Å²) in [7, 11) is 0. The minimum atomic E-state index is -0.460. The molecule has 0 aliphatic carbocycles. The van der Waals surface area contributed by atoms with Crippen molar-refractivity contribution in [3.05, 3.63) is 71.7 Å². The van der Waals surface area contributed by atoms with Gasteiger partial charge in [-0.3, -0.25) is 9.78 Å². The van der Waals surface area contributed by atoms with Crippen LogP contribution >= 0.6 is 0 Å². The first-order valence-electron chi connectivity index (χ1n) is 6.81. The molecule has 3 aromatic rings. The Morgan fingerprint density at radius 2 is 2.00 bits per heavy atom. The van der Waals surface area contributed by atoms with Gasteiger partial charge in [0.25, 0.3) is 0 Å². The van der Waals surface area contributed by atoms with Gasteiger partial charge in [0.1, 0.15) is 11.3 Å². The largest absolute Gasteiger partial charge is 0.380 e. The molecule has 0 radical (unpaired) electrons. The Balaban J connectivity index is 1.87. The summed E-state index contributed by atoms with van der Waals surface area (Å²) in [5.74, 6) is -0.810. The van der Waals surface area contributed by atoms with Gasteiger partial charge in [-0.15, -0.1) is 0 Å². The topological polar surface area (TPSA) is 68.0 Å². The van der Waals surface area contributed by atoms with Gasteiger partial charge in [-0.25, -0.2) is 4.39 Å². The maximum Gasteiger partial charge on any atom is 0.248 e. The minimum Gasteiger partial charge on any atom is -0.380 e. The predicted octanol–water partition coefficient (Wildman–Crippen LogP) is 3.08. The van der Waals surface area contributed by atoms with E-state index >= 15 is 0 Å². The van der Waals surface area contributed by atoms with E-state index in [1.165, 1.54) is 6.07 Å². The van der Waals surface area contributed by atoms with Crippen LogP contribution in [0.5, 0.6) is 0 Å². The number of fused-ring (bicyclic) bond motifs is 1. The molecule has 1 heterocycles. The van der Waals surface area contributed by atoms with Crippen LogP contribution in [-0.4, -0.2) is 10.9 Å². The molecule has 5 heteroatoms. The molecule has 110 valence electrons. The predicted molar refractivity (Wildman–Crippen MR) is 84.0 cm³/mol. The molecule has 0 saturated heterocycles. The third-order valence-corrected chi connectivity index (χ3v) is 3.42. The van der Waals surface area contributed by atoms with E-state index in [9.17, 15) is 9.18 Å². The number of benzene rings is 2. The highest BCUT2D eigenvalue weighted by molar-refractivity contribution is 5.93. The number of pyridine rings is 1. The van der Waals surface area contributed by atoms with Gasteiger partial charge >= 0.3 is 0 Å². The van der Waals surface area contributed by atoms with Crippen LogP contribution in [0.2, 0.25) is 0 Å². The second-order valence-electron chi connectivity index (χ2n) is 4.91. The average molecular weight is 295 g/mol. The molecule has 3 N–H and O–H groups in total. The molecule has 0 atom stereocenters. The molecule has 0 bridgehead atoms. The minimum absolute atomic E-state index is 0.332. The van der Waals surface area contributed by atoms with E-state index in [-0.39, 0.29) is 5.82 Å². The van der Waals surface area contributed by atoms with E-state index in [4.69, 9.17) is 5.73 Å². The fourth-order valence-electron chi connectivity index (χ4n) is 2.33. The van der Waals surface area contributed by atoms with Gasteiger partial charge in [-0.05, 0) is 29.8 Å². The smallest absolute Gasteiger partial charge is 0.248 e. The van der Waals surface area contributed by atoms with Crippen molar-refractivity contribution in [1.82, 2.24) is 4.98 Å². The van der Waals surface area contributed by atoms with Crippen molar-refractivity contribution in [3.8, 4) is 0 Å². The zero-order valence-electron chi connectivity index (χ0n) is 11.7. The number of amides is 1. The van der Waals surface area contributed by atoms with Crippen molar-refractivity contribution in [1.29, 1.82) is 0 Å². The van der Waals surface area contributed by atoms with Crippen LogP contribution in [0.3, 0.4) is 0 Å². The molecular formula is C17H14FN3O. The van der Waals surface area contributed by atoms with Gasteiger partial charge < -0.3 is 11.1 Å². The molecule has 3 rings (SSSR count). The second kappa shape index (κ2) is 5.81. The Hall–Kier alpha value is -2.95. The van der Waals surface area contributed by atoms with Crippen molar-refractivity contribution in [3.63, 3.8) is 0 Å². The van der Waals surface area contributed by atoms with Gasteiger partial charge in [-0.1, -0.05) is 24.3 Å². The first-order valence-corrected chi connectivity index (χ1v) is 6.81. The molecule has 0 aliphatic heterocycles. The standard InChI is InChI=1S/C17H14FN3O/c18-14-6-2-5-13-15(7-8-20-16(13)14)21-10-11-3-1-4-12(9-11)17(19)22/h1-9H,10H2,(H2,19,22)(H,20,21). The molecule has 2 aromatic carbocycles. The van der Waals surface area contributed by atoms with Crippen LogP contribution in [0.4, 0.5) is 10.1 Å². The fraction of sp³-hybridized carbons (Fsp3) is 0.0588. The normalized spacial score (nSPS) is 10.6. The number of para-hydroxylation sites is 1. The Labute approximate surface area is 126 Å². The Kier molecular flexibility index (Phi) is 3.70. The maximum absolute atomic E-state index is 13.7. The summed E-state index contributed by atoms with van der Waals surface area (Å²) in [6, 6.07) is 13.7. The lowest BCUT2D eigenvalue weighted by Crippen LogP contribution is -2.11. The van der Waals surface area contributed by atoms with Gasteiger partial charge in [0.2, 0.25) is 5.91 Å². The van der Waals surface area contributed by atoms with E-state index in [0.29, 0.717) is 23.0 Å². The Morgan fingerprint density at radius 1 is 1.18 bits per heavy atom. The lowest BCUT2D eigenvalue weighted by Gasteiger charge is -2.10. The maximum atomic E-state index is 13.7. The summed E-state index contributed by atoms with van der Waals surface area (Å²) < 4.78 is 13.7. The number of hydrogen-bond acceptors (Lipinski definition) is 3. The van der Waals surface area contributed by atoms with E-state index in [2.05, 4.69) is 10.3 Å². The number of rotatable bonds is 4. The first-order chi connectivity index (χ1) is 10.6. The molecule has 1 aromatic heterocycles. The molecule has 1 amide bonds. The van der Waals surface area contributed by atoms with E-state index in [1.807, 2.05) is 12.1 Å². The van der Waals surface area contributed by atoms with E-state index in [0.717, 1.165) is 11.3 Å². The van der Waals surface area contributed by atoms with Crippen LogP contribution in [0.25, 0.3) is 10.9 Å².